The quantitative estimate of drug-likeness (QED) is 0.645. The predicted molar refractivity (Wildman–Crippen MR) is 51.5 cm³/mol. The molecule has 0 spiro atoms. The summed E-state index contributed by atoms with van der Waals surface area (Å²) in [5.74, 6) is 0. The molecule has 2 N–H and O–H groups in total. The molecule has 0 aromatic heterocycles. The number of nitrogens with two attached hydrogens (primary N) is 1. The van der Waals surface area contributed by atoms with Crippen LogP contribution in [0, 0.1) is 0 Å². The van der Waals surface area contributed by atoms with Crippen LogP contribution in [0.15, 0.2) is 23.1 Å². The van der Waals surface area contributed by atoms with Crippen LogP contribution >= 0.6 is 11.6 Å². The summed E-state index contributed by atoms with van der Waals surface area (Å²) in [6.45, 7) is -5.35. The van der Waals surface area contributed by atoms with Gasteiger partial charge in [0.15, 0.2) is 0 Å². The minimum atomic E-state index is -5.35. The topological polar surface area (TPSA) is 60.2 Å². The molecular formula is C6H5BClF3KNO2S. The summed E-state index contributed by atoms with van der Waals surface area (Å²) >= 11 is 5.29. The van der Waals surface area contributed by atoms with Crippen molar-refractivity contribution in [3.8, 4) is 0 Å². The van der Waals surface area contributed by atoms with Gasteiger partial charge in [-0.05, 0) is 12.1 Å². The number of rotatable bonds is 2. The second-order valence-corrected chi connectivity index (χ2v) is 4.77. The molecule has 0 radical (unpaired) electrons. The first-order valence-corrected chi connectivity index (χ1v) is 5.57. The Hall–Kier alpha value is 0.911. The second kappa shape index (κ2) is 5.70. The molecule has 0 aliphatic heterocycles. The van der Waals surface area contributed by atoms with Crippen LogP contribution in [0.1, 0.15) is 0 Å². The van der Waals surface area contributed by atoms with E-state index in [1.54, 1.807) is 0 Å². The summed E-state index contributed by atoms with van der Waals surface area (Å²) in [6, 6.07) is 2.20. The van der Waals surface area contributed by atoms with Gasteiger partial charge >= 0.3 is 58.4 Å². The van der Waals surface area contributed by atoms with E-state index in [1.165, 1.54) is 0 Å². The molecule has 0 aliphatic rings. The predicted octanol–water partition coefficient (Wildman–Crippen LogP) is -1.95. The largest absolute Gasteiger partial charge is 1.00 e. The Labute approximate surface area is 138 Å². The van der Waals surface area contributed by atoms with E-state index in [0.29, 0.717) is 6.07 Å². The van der Waals surface area contributed by atoms with Crippen molar-refractivity contribution < 1.29 is 72.7 Å². The van der Waals surface area contributed by atoms with Crippen LogP contribution in [-0.4, -0.2) is 15.4 Å². The number of sulfonamides is 1. The number of hydrogen-bond donors (Lipinski definition) is 1. The summed E-state index contributed by atoms with van der Waals surface area (Å²) in [5, 5.41) is 4.14. The zero-order valence-corrected chi connectivity index (χ0v) is 12.8. The third-order valence-corrected chi connectivity index (χ3v) is 2.90. The van der Waals surface area contributed by atoms with Crippen LogP contribution in [0.2, 0.25) is 5.02 Å². The third-order valence-electron chi connectivity index (χ3n) is 1.65. The Bertz CT molecular complexity index is 493. The van der Waals surface area contributed by atoms with E-state index >= 15 is 0 Å². The first-order chi connectivity index (χ1) is 6.62. The maximum atomic E-state index is 12.4. The minimum absolute atomic E-state index is 0. The van der Waals surface area contributed by atoms with Crippen LogP contribution in [0.3, 0.4) is 0 Å². The zero-order valence-electron chi connectivity index (χ0n) is 8.12. The SMILES string of the molecule is NS(=O)(=O)c1ccc(Cl)c([B-](F)(F)F)c1.[K+]. The molecule has 0 heterocycles. The molecule has 84 valence electrons. The van der Waals surface area contributed by atoms with Gasteiger partial charge in [-0.1, -0.05) is 23.1 Å². The van der Waals surface area contributed by atoms with Crippen molar-refractivity contribution in [2.24, 2.45) is 5.14 Å². The molecular weight excluding hydrogens is 292 g/mol. The summed E-state index contributed by atoms with van der Waals surface area (Å²) < 4.78 is 58.7. The van der Waals surface area contributed by atoms with Crippen LogP contribution in [0.25, 0.3) is 0 Å². The molecule has 16 heavy (non-hydrogen) atoms. The van der Waals surface area contributed by atoms with E-state index in [2.05, 4.69) is 5.14 Å². The first kappa shape index (κ1) is 16.9. The van der Waals surface area contributed by atoms with Crippen molar-refractivity contribution in [3.05, 3.63) is 23.2 Å². The van der Waals surface area contributed by atoms with Gasteiger partial charge in [-0.15, -0.1) is 0 Å². The summed E-state index contributed by atoms with van der Waals surface area (Å²) in [7, 11) is -4.15. The van der Waals surface area contributed by atoms with Gasteiger partial charge in [0.1, 0.15) is 0 Å². The van der Waals surface area contributed by atoms with Gasteiger partial charge in [0, 0.05) is 5.02 Å². The molecule has 0 aliphatic carbocycles. The van der Waals surface area contributed by atoms with Gasteiger partial charge in [0.25, 0.3) is 0 Å². The average molecular weight is 298 g/mol. The molecule has 1 aromatic rings. The summed E-state index contributed by atoms with van der Waals surface area (Å²) in [6.07, 6.45) is 0. The normalized spacial score (nSPS) is 12.1. The molecule has 0 saturated heterocycles. The van der Waals surface area contributed by atoms with Gasteiger partial charge in [0.2, 0.25) is 10.0 Å². The van der Waals surface area contributed by atoms with Crippen molar-refractivity contribution in [2.45, 2.75) is 4.90 Å². The van der Waals surface area contributed by atoms with Crippen LogP contribution < -0.4 is 62.0 Å². The van der Waals surface area contributed by atoms with Gasteiger partial charge < -0.3 is 12.9 Å². The monoisotopic (exact) mass is 297 g/mol. The maximum absolute atomic E-state index is 12.4. The van der Waals surface area contributed by atoms with Gasteiger partial charge in [-0.2, -0.15) is 0 Å². The number of primary sulfonamides is 1. The van der Waals surface area contributed by atoms with Crippen molar-refractivity contribution in [1.82, 2.24) is 0 Å². The van der Waals surface area contributed by atoms with Crippen LogP contribution in [0.5, 0.6) is 0 Å². The van der Waals surface area contributed by atoms with Crippen molar-refractivity contribution in [3.63, 3.8) is 0 Å². The molecule has 10 heteroatoms. The van der Waals surface area contributed by atoms with E-state index in [9.17, 15) is 21.4 Å². The van der Waals surface area contributed by atoms with Crippen molar-refractivity contribution >= 4 is 34.1 Å². The molecule has 1 rings (SSSR count). The smallest absolute Gasteiger partial charge is 0.445 e. The van der Waals surface area contributed by atoms with E-state index in [-0.39, 0.29) is 51.4 Å². The fourth-order valence-electron chi connectivity index (χ4n) is 0.950. The van der Waals surface area contributed by atoms with Crippen molar-refractivity contribution in [2.75, 3.05) is 0 Å². The number of benzene rings is 1. The summed E-state index contributed by atoms with van der Waals surface area (Å²) in [4.78, 5) is -0.610. The minimum Gasteiger partial charge on any atom is -0.445 e. The molecule has 0 amide bonds. The fourth-order valence-corrected chi connectivity index (χ4v) is 1.74. The van der Waals surface area contributed by atoms with Gasteiger partial charge in [-0.3, -0.25) is 0 Å². The summed E-state index contributed by atoms with van der Waals surface area (Å²) in [5.41, 5.74) is -1.16. The first-order valence-electron chi connectivity index (χ1n) is 3.64. The molecule has 0 saturated carbocycles. The molecule has 3 nitrogen and oxygen atoms in total. The Kier molecular flexibility index (Phi) is 6.03. The van der Waals surface area contributed by atoms with Crippen LogP contribution in [0.4, 0.5) is 12.9 Å². The Balaban J connectivity index is 0.00000225. The molecule has 0 unspecified atom stereocenters. The Morgan fingerprint density at radius 1 is 1.25 bits per heavy atom. The molecule has 0 atom stereocenters. The second-order valence-electron chi connectivity index (χ2n) is 2.80. The van der Waals surface area contributed by atoms with Gasteiger partial charge in [-0.25, -0.2) is 13.6 Å². The van der Waals surface area contributed by atoms with E-state index < -0.39 is 32.4 Å². The number of hydrogen-bond acceptors (Lipinski definition) is 2. The average Bonchev–Trinajstić information content (AvgIpc) is 2.00. The Morgan fingerprint density at radius 2 is 1.75 bits per heavy atom. The van der Waals surface area contributed by atoms with E-state index in [4.69, 9.17) is 11.6 Å². The van der Waals surface area contributed by atoms with E-state index in [1.807, 2.05) is 0 Å². The Morgan fingerprint density at radius 3 is 2.12 bits per heavy atom. The maximum Gasteiger partial charge on any atom is 1.00 e. The molecule has 0 fully saturated rings. The molecule has 0 bridgehead atoms. The number of halogens is 4. The fraction of sp³-hybridized carbons (Fsp3) is 0. The zero-order chi connectivity index (χ0) is 11.9. The standard InChI is InChI=1S/C6H5BClF3NO2S.K/c8-6-2-1-4(15(12,13)14)3-5(6)7(9,10)11;/h1-3H,(H2,12,13,14);/q-1;+1. The van der Waals surface area contributed by atoms with E-state index in [0.717, 1.165) is 12.1 Å². The van der Waals surface area contributed by atoms with Crippen LogP contribution in [-0.2, 0) is 10.0 Å². The van der Waals surface area contributed by atoms with Crippen molar-refractivity contribution in [1.29, 1.82) is 0 Å². The third kappa shape index (κ3) is 4.30. The van der Waals surface area contributed by atoms with Gasteiger partial charge in [0.05, 0.1) is 4.90 Å². The molecule has 1 aromatic carbocycles.